The maximum Gasteiger partial charge on any atom is 0.171 e. The second-order valence-electron chi connectivity index (χ2n) is 3.46. The van der Waals surface area contributed by atoms with Gasteiger partial charge in [-0.3, -0.25) is 0 Å². The summed E-state index contributed by atoms with van der Waals surface area (Å²) in [6, 6.07) is 4.09. The lowest BCUT2D eigenvalue weighted by atomic mass is 10.3. The zero-order valence-electron chi connectivity index (χ0n) is 9.12. The van der Waals surface area contributed by atoms with Crippen LogP contribution in [0.3, 0.4) is 0 Å². The summed E-state index contributed by atoms with van der Waals surface area (Å²) in [5, 5.41) is 0. The maximum absolute atomic E-state index is 5.85. The molecule has 16 heavy (non-hydrogen) atoms. The molecule has 0 saturated heterocycles. The minimum absolute atomic E-state index is 0.507. The van der Waals surface area contributed by atoms with Crippen molar-refractivity contribution in [3.05, 3.63) is 27.2 Å². The van der Waals surface area contributed by atoms with Crippen LogP contribution in [-0.4, -0.2) is 9.97 Å². The van der Waals surface area contributed by atoms with Crippen molar-refractivity contribution in [3.8, 4) is 10.7 Å². The quantitative estimate of drug-likeness (QED) is 0.924. The van der Waals surface area contributed by atoms with Crippen LogP contribution >= 0.6 is 27.3 Å². The van der Waals surface area contributed by atoms with Crippen molar-refractivity contribution in [1.29, 1.82) is 0 Å². The van der Waals surface area contributed by atoms with Crippen molar-refractivity contribution in [2.45, 2.75) is 20.3 Å². The molecule has 0 bridgehead atoms. The van der Waals surface area contributed by atoms with E-state index in [4.69, 9.17) is 5.73 Å². The summed E-state index contributed by atoms with van der Waals surface area (Å²) in [5.74, 6) is 1.23. The highest BCUT2D eigenvalue weighted by Gasteiger charge is 2.11. The van der Waals surface area contributed by atoms with E-state index in [0.29, 0.717) is 5.82 Å². The van der Waals surface area contributed by atoms with E-state index in [0.717, 1.165) is 27.3 Å². The molecular weight excluding hydrogens is 286 g/mol. The molecule has 0 spiro atoms. The van der Waals surface area contributed by atoms with Gasteiger partial charge in [0, 0.05) is 4.88 Å². The molecule has 2 rings (SSSR count). The number of hydrogen-bond donors (Lipinski definition) is 1. The number of hydrogen-bond acceptors (Lipinski definition) is 4. The third-order valence-corrected chi connectivity index (χ3v) is 4.10. The van der Waals surface area contributed by atoms with Crippen LogP contribution in [0.15, 0.2) is 16.6 Å². The number of anilines is 1. The van der Waals surface area contributed by atoms with E-state index < -0.39 is 0 Å². The number of aryl methyl sites for hydroxylation is 2. The molecule has 2 aromatic heterocycles. The molecule has 0 fully saturated rings. The topological polar surface area (TPSA) is 51.8 Å². The molecule has 0 aromatic carbocycles. The Kier molecular flexibility index (Phi) is 3.25. The normalized spacial score (nSPS) is 10.7. The number of rotatable bonds is 2. The fourth-order valence-electron chi connectivity index (χ4n) is 1.41. The van der Waals surface area contributed by atoms with Crippen LogP contribution < -0.4 is 5.73 Å². The Morgan fingerprint density at radius 1 is 1.38 bits per heavy atom. The summed E-state index contributed by atoms with van der Waals surface area (Å²) in [6.45, 7) is 4.12. The fourth-order valence-corrected chi connectivity index (χ4v) is 2.67. The van der Waals surface area contributed by atoms with Crippen LogP contribution in [0.4, 0.5) is 5.82 Å². The maximum atomic E-state index is 5.85. The molecule has 84 valence electrons. The summed E-state index contributed by atoms with van der Waals surface area (Å²) < 4.78 is 0.812. The molecule has 5 heteroatoms. The molecule has 2 heterocycles. The van der Waals surface area contributed by atoms with Crippen molar-refractivity contribution >= 4 is 33.1 Å². The van der Waals surface area contributed by atoms with Gasteiger partial charge < -0.3 is 5.73 Å². The Balaban J connectivity index is 2.54. The van der Waals surface area contributed by atoms with Crippen molar-refractivity contribution in [3.63, 3.8) is 0 Å². The fraction of sp³-hybridized carbons (Fsp3) is 0.273. The first-order valence-electron chi connectivity index (χ1n) is 5.00. The predicted octanol–water partition coefficient (Wildman–Crippen LogP) is 3.42. The Labute approximate surface area is 107 Å². The van der Waals surface area contributed by atoms with Gasteiger partial charge in [0.15, 0.2) is 5.82 Å². The molecule has 0 saturated carbocycles. The van der Waals surface area contributed by atoms with E-state index in [1.54, 1.807) is 11.3 Å². The minimum atomic E-state index is 0.507. The van der Waals surface area contributed by atoms with Crippen molar-refractivity contribution in [2.24, 2.45) is 0 Å². The Morgan fingerprint density at radius 2 is 2.12 bits per heavy atom. The van der Waals surface area contributed by atoms with Crippen LogP contribution in [-0.2, 0) is 6.42 Å². The lowest BCUT2D eigenvalue weighted by Gasteiger charge is -2.05. The van der Waals surface area contributed by atoms with Gasteiger partial charge in [-0.25, -0.2) is 9.97 Å². The lowest BCUT2D eigenvalue weighted by molar-refractivity contribution is 0.998. The smallest absolute Gasteiger partial charge is 0.171 e. The van der Waals surface area contributed by atoms with Crippen molar-refractivity contribution in [1.82, 2.24) is 9.97 Å². The van der Waals surface area contributed by atoms with E-state index >= 15 is 0 Å². The van der Waals surface area contributed by atoms with Gasteiger partial charge in [0.1, 0.15) is 5.82 Å². The number of nitrogen functional groups attached to an aromatic ring is 1. The molecule has 3 nitrogen and oxygen atoms in total. The number of halogens is 1. The van der Waals surface area contributed by atoms with Crippen LogP contribution in [0.2, 0.25) is 0 Å². The zero-order valence-corrected chi connectivity index (χ0v) is 11.5. The largest absolute Gasteiger partial charge is 0.383 e. The standard InChI is InChI=1S/C11H12BrN3S/c1-3-7-9(12)10(13)15-11(14-7)8-5-4-6(2)16-8/h4-5H,3H2,1-2H3,(H2,13,14,15). The second-order valence-corrected chi connectivity index (χ2v) is 5.54. The van der Waals surface area contributed by atoms with Gasteiger partial charge in [0.25, 0.3) is 0 Å². The van der Waals surface area contributed by atoms with Gasteiger partial charge in [0.05, 0.1) is 15.0 Å². The van der Waals surface area contributed by atoms with E-state index in [9.17, 15) is 0 Å². The molecule has 0 radical (unpaired) electrons. The first-order valence-corrected chi connectivity index (χ1v) is 6.61. The number of thiophene rings is 1. The lowest BCUT2D eigenvalue weighted by Crippen LogP contribution is -2.01. The molecule has 2 aromatic rings. The van der Waals surface area contributed by atoms with E-state index in [-0.39, 0.29) is 0 Å². The molecule has 0 atom stereocenters. The monoisotopic (exact) mass is 297 g/mol. The predicted molar refractivity (Wildman–Crippen MR) is 71.6 cm³/mol. The van der Waals surface area contributed by atoms with Crippen LogP contribution in [0.5, 0.6) is 0 Å². The highest BCUT2D eigenvalue weighted by atomic mass is 79.9. The minimum Gasteiger partial charge on any atom is -0.383 e. The summed E-state index contributed by atoms with van der Waals surface area (Å²) in [7, 11) is 0. The molecular formula is C11H12BrN3S. The molecule has 0 aliphatic rings. The molecule has 0 aliphatic heterocycles. The van der Waals surface area contributed by atoms with E-state index in [1.807, 2.05) is 6.07 Å². The summed E-state index contributed by atoms with van der Waals surface area (Å²) in [6.07, 6.45) is 0.838. The Morgan fingerprint density at radius 3 is 2.69 bits per heavy atom. The summed E-state index contributed by atoms with van der Waals surface area (Å²) in [4.78, 5) is 11.1. The van der Waals surface area contributed by atoms with Crippen molar-refractivity contribution in [2.75, 3.05) is 5.73 Å². The zero-order chi connectivity index (χ0) is 11.7. The Bertz CT molecular complexity index is 522. The molecule has 0 unspecified atom stereocenters. The summed E-state index contributed by atoms with van der Waals surface area (Å²) in [5.41, 5.74) is 6.80. The number of nitrogens with zero attached hydrogens (tertiary/aromatic N) is 2. The number of nitrogens with two attached hydrogens (primary N) is 1. The first kappa shape index (κ1) is 11.5. The second kappa shape index (κ2) is 4.51. The Hall–Kier alpha value is -0.940. The van der Waals surface area contributed by atoms with Gasteiger partial charge in [-0.2, -0.15) is 0 Å². The van der Waals surface area contributed by atoms with Gasteiger partial charge >= 0.3 is 0 Å². The third-order valence-electron chi connectivity index (χ3n) is 2.24. The number of aromatic nitrogens is 2. The average Bonchev–Trinajstić information content (AvgIpc) is 2.69. The highest BCUT2D eigenvalue weighted by Crippen LogP contribution is 2.29. The third kappa shape index (κ3) is 2.10. The van der Waals surface area contributed by atoms with E-state index in [1.165, 1.54) is 4.88 Å². The van der Waals surface area contributed by atoms with Gasteiger partial charge in [-0.05, 0) is 41.4 Å². The van der Waals surface area contributed by atoms with Gasteiger partial charge in [-0.1, -0.05) is 6.92 Å². The average molecular weight is 298 g/mol. The highest BCUT2D eigenvalue weighted by molar-refractivity contribution is 9.10. The SMILES string of the molecule is CCc1nc(-c2ccc(C)s2)nc(N)c1Br. The van der Waals surface area contributed by atoms with Gasteiger partial charge in [0.2, 0.25) is 0 Å². The molecule has 2 N–H and O–H groups in total. The van der Waals surface area contributed by atoms with E-state index in [2.05, 4.69) is 45.8 Å². The van der Waals surface area contributed by atoms with Crippen LogP contribution in [0, 0.1) is 6.92 Å². The van der Waals surface area contributed by atoms with Crippen molar-refractivity contribution < 1.29 is 0 Å². The van der Waals surface area contributed by atoms with Gasteiger partial charge in [-0.15, -0.1) is 11.3 Å². The van der Waals surface area contributed by atoms with Crippen LogP contribution in [0.1, 0.15) is 17.5 Å². The van der Waals surface area contributed by atoms with Crippen LogP contribution in [0.25, 0.3) is 10.7 Å². The molecule has 0 amide bonds. The first-order chi connectivity index (χ1) is 7.61. The summed E-state index contributed by atoms with van der Waals surface area (Å²) >= 11 is 5.08. The molecule has 0 aliphatic carbocycles.